The van der Waals surface area contributed by atoms with E-state index < -0.39 is 17.0 Å². The second-order valence-corrected chi connectivity index (χ2v) is 13.1. The highest BCUT2D eigenvalue weighted by Crippen LogP contribution is 2.30. The largest absolute Gasteiger partial charge is 0.493 e. The number of unbranched alkanes of at least 4 members (excludes halogenated alkanes) is 3. The quantitative estimate of drug-likeness (QED) is 0.0215. The predicted molar refractivity (Wildman–Crippen MR) is 208 cm³/mol. The number of carbonyl (C=O) groups is 3. The summed E-state index contributed by atoms with van der Waals surface area (Å²) >= 11 is 0. The van der Waals surface area contributed by atoms with Crippen LogP contribution in [0.2, 0.25) is 0 Å². The van der Waals surface area contributed by atoms with Gasteiger partial charge in [-0.1, -0.05) is 118 Å². The molecule has 1 fully saturated rings. The van der Waals surface area contributed by atoms with Gasteiger partial charge in [0.15, 0.2) is 11.5 Å². The molecule has 0 saturated heterocycles. The van der Waals surface area contributed by atoms with Gasteiger partial charge in [0.05, 0.1) is 7.11 Å². The first kappa shape index (κ1) is 43.0. The van der Waals surface area contributed by atoms with Crippen molar-refractivity contribution in [3.8, 4) is 11.5 Å². The molecule has 0 aliphatic heterocycles. The number of amides is 1. The number of hydrogen-bond acceptors (Lipinski definition) is 9. The van der Waals surface area contributed by atoms with Crippen molar-refractivity contribution in [1.82, 2.24) is 5.32 Å². The summed E-state index contributed by atoms with van der Waals surface area (Å²) in [5.74, 6) is 0.0677. The minimum atomic E-state index is -0.866. The maximum Gasteiger partial charge on any atom is 0.331 e. The fourth-order valence-electron chi connectivity index (χ4n) is 5.95. The van der Waals surface area contributed by atoms with Crippen LogP contribution in [-0.4, -0.2) is 36.6 Å². The summed E-state index contributed by atoms with van der Waals surface area (Å²) in [5, 5.41) is 11.9. The third-order valence-corrected chi connectivity index (χ3v) is 8.90. The second kappa shape index (κ2) is 25.5. The number of nitrogens with zero attached hydrogens (tertiary/aromatic N) is 1. The monoisotopic (exact) mass is 742 g/mol. The van der Waals surface area contributed by atoms with Crippen LogP contribution in [0.4, 0.5) is 0 Å². The Kier molecular flexibility index (Phi) is 20.3. The molecular weight excluding hydrogens is 688 g/mol. The van der Waals surface area contributed by atoms with Gasteiger partial charge in [-0.2, -0.15) is 0 Å². The number of ether oxygens (including phenoxy) is 3. The molecule has 0 bridgehead atoms. The number of esters is 2. The molecule has 1 saturated carbocycles. The molecule has 0 heterocycles. The molecule has 1 aliphatic carbocycles. The van der Waals surface area contributed by atoms with Crippen LogP contribution in [0.1, 0.15) is 99.8 Å². The summed E-state index contributed by atoms with van der Waals surface area (Å²) in [5.41, 5.74) is 3.42. The number of nitrogens with one attached hydrogen (secondary N) is 1. The van der Waals surface area contributed by atoms with E-state index in [0.717, 1.165) is 12.3 Å². The molecule has 0 unspecified atom stereocenters. The van der Waals surface area contributed by atoms with Crippen molar-refractivity contribution < 1.29 is 38.5 Å². The third-order valence-electron chi connectivity index (χ3n) is 8.90. The third kappa shape index (κ3) is 18.3. The Morgan fingerprint density at radius 1 is 0.870 bits per heavy atom. The Morgan fingerprint density at radius 2 is 1.59 bits per heavy atom. The molecule has 3 aromatic rings. The molecule has 3 aromatic carbocycles. The van der Waals surface area contributed by atoms with E-state index in [-0.39, 0.29) is 37.2 Å². The smallest absolute Gasteiger partial charge is 0.331 e. The summed E-state index contributed by atoms with van der Waals surface area (Å²) < 4.78 is 15.8. The average Bonchev–Trinajstić information content (AvgIpc) is 3.71. The van der Waals surface area contributed by atoms with Gasteiger partial charge in [-0.05, 0) is 79.0 Å². The summed E-state index contributed by atoms with van der Waals surface area (Å²) in [6.07, 6.45) is 21.5. The van der Waals surface area contributed by atoms with Gasteiger partial charge in [-0.15, -0.1) is 10.1 Å². The molecule has 1 amide bonds. The number of benzene rings is 3. The van der Waals surface area contributed by atoms with Crippen molar-refractivity contribution in [3.05, 3.63) is 123 Å². The Morgan fingerprint density at radius 3 is 2.28 bits per heavy atom. The zero-order valence-corrected chi connectivity index (χ0v) is 31.5. The first-order valence-corrected chi connectivity index (χ1v) is 18.8. The lowest BCUT2D eigenvalue weighted by Crippen LogP contribution is -2.31. The Hall–Kier alpha value is -5.45. The molecule has 54 heavy (non-hydrogen) atoms. The van der Waals surface area contributed by atoms with Crippen molar-refractivity contribution in [2.75, 3.05) is 13.7 Å². The SMILES string of the molecule is C/C=C\CCCC(=O)NCC(=O)Oc1ccc(/C=C/C(=O)OCc2ccc(CO[N+](=O)[O-])cc2)cc1OC.c1ccc(CCCCCC2CCCC2)cc1. The van der Waals surface area contributed by atoms with E-state index in [0.29, 0.717) is 29.5 Å². The lowest BCUT2D eigenvalue weighted by molar-refractivity contribution is -0.763. The first-order chi connectivity index (χ1) is 26.2. The van der Waals surface area contributed by atoms with E-state index in [2.05, 4.69) is 40.5 Å². The zero-order valence-electron chi connectivity index (χ0n) is 31.5. The van der Waals surface area contributed by atoms with E-state index in [4.69, 9.17) is 14.2 Å². The maximum atomic E-state index is 12.1. The highest BCUT2D eigenvalue weighted by atomic mass is 16.9. The van der Waals surface area contributed by atoms with Crippen LogP contribution in [0.5, 0.6) is 11.5 Å². The van der Waals surface area contributed by atoms with Crippen LogP contribution in [0.15, 0.2) is 91.0 Å². The van der Waals surface area contributed by atoms with Gasteiger partial charge in [0.25, 0.3) is 5.09 Å². The average molecular weight is 743 g/mol. The fraction of sp³-hybridized carbons (Fsp3) is 0.419. The number of hydrogen-bond donors (Lipinski definition) is 1. The molecule has 11 heteroatoms. The minimum absolute atomic E-state index is 0.0179. The van der Waals surface area contributed by atoms with E-state index in [1.54, 1.807) is 36.4 Å². The summed E-state index contributed by atoms with van der Waals surface area (Å²) in [6, 6.07) is 22.3. The molecule has 1 N–H and O–H groups in total. The van der Waals surface area contributed by atoms with Crippen molar-refractivity contribution in [2.24, 2.45) is 5.92 Å². The van der Waals surface area contributed by atoms with Crippen LogP contribution in [0.3, 0.4) is 0 Å². The van der Waals surface area contributed by atoms with Gasteiger partial charge in [0.2, 0.25) is 5.91 Å². The molecule has 0 aromatic heterocycles. The van der Waals surface area contributed by atoms with E-state index in [1.807, 2.05) is 19.1 Å². The van der Waals surface area contributed by atoms with E-state index in [1.165, 1.54) is 88.7 Å². The molecule has 0 atom stereocenters. The molecule has 4 rings (SSSR count). The fourth-order valence-corrected chi connectivity index (χ4v) is 5.95. The normalized spacial score (nSPS) is 12.6. The highest BCUT2D eigenvalue weighted by molar-refractivity contribution is 5.87. The molecule has 0 spiro atoms. The number of aryl methyl sites for hydroxylation is 1. The molecular formula is C43H54N2O9. The topological polar surface area (TPSA) is 143 Å². The van der Waals surface area contributed by atoms with Crippen LogP contribution < -0.4 is 14.8 Å². The number of carbonyl (C=O) groups excluding carboxylic acids is 3. The highest BCUT2D eigenvalue weighted by Gasteiger charge is 2.14. The summed E-state index contributed by atoms with van der Waals surface area (Å²) in [7, 11) is 1.41. The van der Waals surface area contributed by atoms with Crippen LogP contribution in [0.25, 0.3) is 6.08 Å². The van der Waals surface area contributed by atoms with Gasteiger partial charge >= 0.3 is 11.9 Å². The standard InChI is InChI=1S/C27H30N2O9.C16H24/c1-3-4-5-6-7-25(30)28-17-27(32)38-23-14-12-20(16-24(23)35-2)13-15-26(31)36-18-21-8-10-22(11-9-21)19-37-29(33)34;1-3-9-15(10-4-1)11-5-2-6-12-16-13-7-8-14-16/h3-4,8-16H,5-7,17-19H2,1-2H3,(H,28,30);1,3-4,9-10,16H,2,5-8,11-14H2/b4-3-,15-13+;. The lowest BCUT2D eigenvalue weighted by Gasteiger charge is -2.10. The summed E-state index contributed by atoms with van der Waals surface area (Å²) in [4.78, 5) is 50.5. The van der Waals surface area contributed by atoms with Crippen molar-refractivity contribution in [2.45, 2.75) is 97.2 Å². The van der Waals surface area contributed by atoms with Crippen molar-refractivity contribution in [1.29, 1.82) is 0 Å². The molecule has 1 aliphatic rings. The summed E-state index contributed by atoms with van der Waals surface area (Å²) in [6.45, 7) is 1.50. The number of rotatable bonds is 21. The van der Waals surface area contributed by atoms with Gasteiger partial charge in [-0.25, -0.2) is 9.59 Å². The van der Waals surface area contributed by atoms with Gasteiger partial charge in [-0.3, -0.25) is 4.79 Å². The molecule has 11 nitrogen and oxygen atoms in total. The van der Waals surface area contributed by atoms with Crippen molar-refractivity contribution >= 4 is 23.9 Å². The number of methoxy groups -OCH3 is 1. The zero-order chi connectivity index (χ0) is 38.8. The van der Waals surface area contributed by atoms with Gasteiger partial charge in [0.1, 0.15) is 19.8 Å². The minimum Gasteiger partial charge on any atom is -0.493 e. The maximum absolute atomic E-state index is 12.1. The van der Waals surface area contributed by atoms with Gasteiger partial charge in [0, 0.05) is 12.5 Å². The predicted octanol–water partition coefficient (Wildman–Crippen LogP) is 8.91. The second-order valence-electron chi connectivity index (χ2n) is 13.1. The molecule has 0 radical (unpaired) electrons. The number of allylic oxidation sites excluding steroid dienone is 2. The Bertz CT molecular complexity index is 1630. The van der Waals surface area contributed by atoms with Crippen LogP contribution >= 0.6 is 0 Å². The molecule has 290 valence electrons. The van der Waals surface area contributed by atoms with Crippen LogP contribution in [0, 0.1) is 16.0 Å². The first-order valence-electron chi connectivity index (χ1n) is 18.8. The lowest BCUT2D eigenvalue weighted by atomic mass is 9.98. The Balaban J connectivity index is 0.000000404. The van der Waals surface area contributed by atoms with E-state index in [9.17, 15) is 24.5 Å². The Labute approximate surface area is 318 Å². The van der Waals surface area contributed by atoms with Crippen LogP contribution in [-0.2, 0) is 43.6 Å². The van der Waals surface area contributed by atoms with Crippen molar-refractivity contribution in [3.63, 3.8) is 0 Å². The van der Waals surface area contributed by atoms with Gasteiger partial charge < -0.3 is 24.4 Å². The van der Waals surface area contributed by atoms with E-state index >= 15 is 0 Å².